The first kappa shape index (κ1) is 35.4. The number of aliphatic hydroxyl groups is 3. The van der Waals surface area contributed by atoms with Crippen molar-refractivity contribution in [2.24, 2.45) is 28.1 Å². The van der Waals surface area contributed by atoms with Crippen LogP contribution in [0.2, 0.25) is 0 Å². The number of methoxy groups -OCH3 is 1. The molecule has 7 aliphatic rings. The summed E-state index contributed by atoms with van der Waals surface area (Å²) in [6, 6.07) is 1.52. The fraction of sp³-hybridized carbons (Fsp3) is 0.743. The highest BCUT2D eigenvalue weighted by Crippen LogP contribution is 2.89. The first-order chi connectivity index (χ1) is 24.2. The summed E-state index contributed by atoms with van der Waals surface area (Å²) in [5.74, 6) is -8.77. The molecule has 3 aliphatic heterocycles. The van der Waals surface area contributed by atoms with Crippen LogP contribution in [-0.2, 0) is 61.9 Å². The van der Waals surface area contributed by atoms with E-state index in [9.17, 15) is 39.3 Å². The van der Waals surface area contributed by atoms with Gasteiger partial charge in [-0.25, -0.2) is 0 Å². The summed E-state index contributed by atoms with van der Waals surface area (Å²) in [7, 11) is 1.16. The number of aliphatic hydroxyl groups excluding tert-OH is 2. The van der Waals surface area contributed by atoms with Crippen molar-refractivity contribution in [3.05, 3.63) is 24.2 Å². The standard InChI is InChI=1S/C35H42O17/c1-15(36)46-14-31-19(10-21(39)44-7)28(4)13-32(31)33(43,27(28)48-17(3)38)26(42)34-20-11-22(40)49-24(18-8-9-45-12-18)29(20,5)25(47-16(2)37)23(41)35(31,34)52-30(6,50-32)51-34/h8-9,12,19-20,23-27,41-43H,10-11,13-14H2,1-7H3/t19-,20+,23+,24-,25-,26+,27-,28+,29+,30-,31+,32+,33+,34+,35-/m0/s1. The lowest BCUT2D eigenvalue weighted by Crippen LogP contribution is -2.98. The number of cyclic esters (lactones) is 1. The molecule has 4 saturated carbocycles. The summed E-state index contributed by atoms with van der Waals surface area (Å²) < 4.78 is 54.6. The summed E-state index contributed by atoms with van der Waals surface area (Å²) in [6.45, 7) is 7.26. The maximum atomic E-state index is 13.8. The maximum absolute atomic E-state index is 13.8. The molecule has 1 aromatic rings. The van der Waals surface area contributed by atoms with E-state index in [1.165, 1.54) is 25.5 Å². The van der Waals surface area contributed by atoms with Crippen molar-refractivity contribution in [3.8, 4) is 0 Å². The van der Waals surface area contributed by atoms with E-state index >= 15 is 0 Å². The van der Waals surface area contributed by atoms with Crippen molar-refractivity contribution in [2.75, 3.05) is 13.7 Å². The van der Waals surface area contributed by atoms with Crippen LogP contribution in [0, 0.1) is 28.1 Å². The Balaban J connectivity index is 1.52. The zero-order valence-corrected chi connectivity index (χ0v) is 29.7. The highest BCUT2D eigenvalue weighted by molar-refractivity contribution is 5.74. The van der Waals surface area contributed by atoms with Crippen LogP contribution in [0.25, 0.3) is 0 Å². The van der Waals surface area contributed by atoms with E-state index in [2.05, 4.69) is 0 Å². The zero-order chi connectivity index (χ0) is 37.8. The normalized spacial score (nSPS) is 51.6. The van der Waals surface area contributed by atoms with Gasteiger partial charge in [0.05, 0.1) is 36.9 Å². The Hall–Kier alpha value is -3.61. The van der Waals surface area contributed by atoms with Crippen molar-refractivity contribution >= 4 is 29.8 Å². The molecule has 7 fully saturated rings. The third-order valence-electron chi connectivity index (χ3n) is 13.8. The molecular weight excluding hydrogens is 692 g/mol. The predicted molar refractivity (Wildman–Crippen MR) is 164 cm³/mol. The van der Waals surface area contributed by atoms with Gasteiger partial charge in [-0.2, -0.15) is 0 Å². The van der Waals surface area contributed by atoms with Crippen LogP contribution < -0.4 is 0 Å². The van der Waals surface area contributed by atoms with Gasteiger partial charge in [0, 0.05) is 51.0 Å². The van der Waals surface area contributed by atoms with Gasteiger partial charge in [0.25, 0.3) is 5.97 Å². The second-order valence-corrected chi connectivity index (χ2v) is 16.0. The second kappa shape index (κ2) is 10.3. The number of carbonyl (C=O) groups is 5. The second-order valence-electron chi connectivity index (χ2n) is 16.0. The lowest BCUT2D eigenvalue weighted by atomic mass is 9.32. The molecule has 0 radical (unpaired) electrons. The van der Waals surface area contributed by atoms with Crippen LogP contribution in [0.4, 0.5) is 0 Å². The quantitative estimate of drug-likeness (QED) is 0.253. The number of furan rings is 1. The van der Waals surface area contributed by atoms with Gasteiger partial charge >= 0.3 is 29.8 Å². The van der Waals surface area contributed by atoms with Crippen molar-refractivity contribution in [1.82, 2.24) is 0 Å². The number of fused-ring (bicyclic) bond motifs is 3. The fourth-order valence-electron chi connectivity index (χ4n) is 12.7. The molecule has 15 atom stereocenters. The van der Waals surface area contributed by atoms with Crippen LogP contribution in [-0.4, -0.2) is 112 Å². The first-order valence-corrected chi connectivity index (χ1v) is 17.2. The molecule has 3 saturated heterocycles. The van der Waals surface area contributed by atoms with E-state index in [0.717, 1.165) is 27.9 Å². The van der Waals surface area contributed by atoms with Crippen molar-refractivity contribution < 1.29 is 81.6 Å². The molecule has 4 heterocycles. The van der Waals surface area contributed by atoms with Crippen molar-refractivity contribution in [3.63, 3.8) is 0 Å². The number of hydrogen-bond donors (Lipinski definition) is 3. The molecule has 0 amide bonds. The first-order valence-electron chi connectivity index (χ1n) is 17.2. The van der Waals surface area contributed by atoms with E-state index in [1.807, 2.05) is 0 Å². The molecule has 17 heteroatoms. The summed E-state index contributed by atoms with van der Waals surface area (Å²) in [6.07, 6.45) is -7.33. The van der Waals surface area contributed by atoms with E-state index in [1.54, 1.807) is 13.8 Å². The van der Waals surface area contributed by atoms with E-state index < -0.39 is 136 Å². The SMILES string of the molecule is COC(=O)C[C@H]1[C@@]2(C)C[C@@]34O[C@@]5(C)O[C@]6([C@@H]7CC(=O)O[C@@H](c8ccoc8)[C@]7(C)[C@@H](OC(C)=O)[C@@H](O)[C@]6(O5)[C@]13COC(C)=O)[C@H](O)[C@@]4(O)[C@H]2OC(C)=O. The van der Waals surface area contributed by atoms with Crippen LogP contribution >= 0.6 is 0 Å². The third-order valence-corrected chi connectivity index (χ3v) is 13.8. The summed E-state index contributed by atoms with van der Waals surface area (Å²) in [5, 5.41) is 39.9. The Kier molecular flexibility index (Phi) is 7.03. The largest absolute Gasteiger partial charge is 0.472 e. The predicted octanol–water partition coefficient (Wildman–Crippen LogP) is 0.353. The van der Waals surface area contributed by atoms with E-state index in [-0.39, 0.29) is 6.42 Å². The molecule has 4 aliphatic carbocycles. The lowest BCUT2D eigenvalue weighted by molar-refractivity contribution is -0.497. The molecular formula is C35H42O17. The molecule has 3 N–H and O–H groups in total. The molecule has 0 aromatic carbocycles. The van der Waals surface area contributed by atoms with Crippen molar-refractivity contribution in [1.29, 1.82) is 0 Å². The Bertz CT molecular complexity index is 1780. The van der Waals surface area contributed by atoms with Crippen LogP contribution in [0.1, 0.15) is 72.5 Å². The van der Waals surface area contributed by atoms with Gasteiger partial charge < -0.3 is 57.6 Å². The van der Waals surface area contributed by atoms with Crippen LogP contribution in [0.15, 0.2) is 23.0 Å². The number of rotatable bonds is 7. The van der Waals surface area contributed by atoms with Gasteiger partial charge in [-0.15, -0.1) is 0 Å². The number of esters is 5. The summed E-state index contributed by atoms with van der Waals surface area (Å²) in [4.78, 5) is 66.0. The van der Waals surface area contributed by atoms with Crippen LogP contribution in [0.3, 0.4) is 0 Å². The smallest absolute Gasteiger partial charge is 0.306 e. The zero-order valence-electron chi connectivity index (χ0n) is 29.7. The molecule has 1 aromatic heterocycles. The van der Waals surface area contributed by atoms with Gasteiger partial charge in [-0.1, -0.05) is 13.8 Å². The number of carbonyl (C=O) groups excluding carboxylic acids is 5. The van der Waals surface area contributed by atoms with Gasteiger partial charge in [0.2, 0.25) is 0 Å². The fourth-order valence-corrected chi connectivity index (χ4v) is 12.7. The van der Waals surface area contributed by atoms with E-state index in [4.69, 9.17) is 42.3 Å². The highest BCUT2D eigenvalue weighted by Gasteiger charge is 3.06. The lowest BCUT2D eigenvalue weighted by Gasteiger charge is -2.78. The Morgan fingerprint density at radius 3 is 2.27 bits per heavy atom. The maximum Gasteiger partial charge on any atom is 0.306 e. The van der Waals surface area contributed by atoms with Gasteiger partial charge in [-0.3, -0.25) is 24.0 Å². The van der Waals surface area contributed by atoms with E-state index in [0.29, 0.717) is 5.56 Å². The van der Waals surface area contributed by atoms with Gasteiger partial charge in [0.1, 0.15) is 53.9 Å². The highest BCUT2D eigenvalue weighted by atomic mass is 16.9. The Morgan fingerprint density at radius 2 is 1.67 bits per heavy atom. The molecule has 4 bridgehead atoms. The molecule has 8 rings (SSSR count). The monoisotopic (exact) mass is 734 g/mol. The molecule has 17 nitrogen and oxygen atoms in total. The molecule has 52 heavy (non-hydrogen) atoms. The number of ether oxygens (including phenoxy) is 8. The molecule has 2 spiro atoms. The van der Waals surface area contributed by atoms with Crippen LogP contribution in [0.5, 0.6) is 0 Å². The average Bonchev–Trinajstić information content (AvgIpc) is 3.76. The third kappa shape index (κ3) is 3.49. The van der Waals surface area contributed by atoms with Gasteiger partial charge in [0.15, 0.2) is 5.60 Å². The Morgan fingerprint density at radius 1 is 0.981 bits per heavy atom. The van der Waals surface area contributed by atoms with Crippen molar-refractivity contribution in [2.45, 2.75) is 120 Å². The molecule has 0 unspecified atom stereocenters. The topological polar surface area (TPSA) is 233 Å². The molecule has 284 valence electrons. The number of hydrogen-bond acceptors (Lipinski definition) is 17. The van der Waals surface area contributed by atoms with Gasteiger partial charge in [-0.05, 0) is 18.4 Å². The minimum atomic E-state index is -2.63. The minimum absolute atomic E-state index is 0.235. The average molecular weight is 735 g/mol. The Labute approximate surface area is 297 Å². The summed E-state index contributed by atoms with van der Waals surface area (Å²) >= 11 is 0. The summed E-state index contributed by atoms with van der Waals surface area (Å²) in [5.41, 5.74) is -14.5. The minimum Gasteiger partial charge on any atom is -0.472 e.